The number of aliphatic hydroxyl groups excluding tert-OH is 2. The predicted octanol–water partition coefficient (Wildman–Crippen LogP) is 7.78. The lowest BCUT2D eigenvalue weighted by molar-refractivity contribution is 0.181. The number of aliphatic hydroxyl groups is 2. The lowest BCUT2D eigenvalue weighted by Crippen LogP contribution is -2.48. The maximum absolute atomic E-state index is 9.54. The summed E-state index contributed by atoms with van der Waals surface area (Å²) >= 11 is 0. The Morgan fingerprint density at radius 1 is 0.810 bits per heavy atom. The van der Waals surface area contributed by atoms with Gasteiger partial charge in [0.1, 0.15) is 17.2 Å². The van der Waals surface area contributed by atoms with Crippen LogP contribution in [0.5, 0.6) is 11.5 Å². The maximum Gasteiger partial charge on any atom is 0.122 e. The van der Waals surface area contributed by atoms with Gasteiger partial charge in [-0.25, -0.2) is 4.68 Å². The number of hydrogen-bond acceptors (Lipinski definition) is 9. The Bertz CT molecular complexity index is 2290. The highest BCUT2D eigenvalue weighted by Crippen LogP contribution is 2.31. The first-order valence-corrected chi connectivity index (χ1v) is 19.7. The van der Waals surface area contributed by atoms with Crippen LogP contribution in [0.4, 0.5) is 5.69 Å². The van der Waals surface area contributed by atoms with Crippen LogP contribution >= 0.6 is 0 Å². The van der Waals surface area contributed by atoms with Crippen molar-refractivity contribution in [2.45, 2.75) is 103 Å². The molecule has 7 rings (SSSR count). The molecule has 0 saturated heterocycles. The summed E-state index contributed by atoms with van der Waals surface area (Å²) in [5, 5.41) is 31.0. The zero-order chi connectivity index (χ0) is 42.0. The van der Waals surface area contributed by atoms with Crippen molar-refractivity contribution in [2.24, 2.45) is 16.6 Å². The number of nitrogens with zero attached hydrogens (tertiary/aromatic N) is 6. The summed E-state index contributed by atoms with van der Waals surface area (Å²) in [7, 11) is 0. The number of nitrogens with two attached hydrogens (primary N) is 2. The van der Waals surface area contributed by atoms with Gasteiger partial charge in [-0.3, -0.25) is 0 Å². The van der Waals surface area contributed by atoms with Crippen molar-refractivity contribution >= 4 is 5.69 Å². The van der Waals surface area contributed by atoms with E-state index in [0.717, 1.165) is 76.4 Å². The van der Waals surface area contributed by atoms with E-state index in [1.54, 1.807) is 10.7 Å². The molecular formula is C46H56N8O4. The second-order valence-corrected chi connectivity index (χ2v) is 16.0. The van der Waals surface area contributed by atoms with E-state index >= 15 is 0 Å². The third-order valence-electron chi connectivity index (χ3n) is 10.3. The molecule has 2 aliphatic rings. The number of azide groups is 1. The molecule has 2 unspecified atom stereocenters. The van der Waals surface area contributed by atoms with Gasteiger partial charge >= 0.3 is 0 Å². The van der Waals surface area contributed by atoms with Crippen molar-refractivity contribution in [3.63, 3.8) is 0 Å². The van der Waals surface area contributed by atoms with Crippen LogP contribution in [-0.4, -0.2) is 61.7 Å². The highest BCUT2D eigenvalue weighted by Gasteiger charge is 2.31. The summed E-state index contributed by atoms with van der Waals surface area (Å²) in [6.07, 6.45) is 12.2. The van der Waals surface area contributed by atoms with Crippen LogP contribution < -0.4 is 20.9 Å². The zero-order valence-electron chi connectivity index (χ0n) is 34.4. The summed E-state index contributed by atoms with van der Waals surface area (Å²) in [4.78, 5) is 2.76. The van der Waals surface area contributed by atoms with E-state index in [4.69, 9.17) is 32.9 Å². The van der Waals surface area contributed by atoms with Gasteiger partial charge < -0.3 is 31.2 Å². The van der Waals surface area contributed by atoms with Crippen molar-refractivity contribution in [2.75, 3.05) is 13.2 Å². The lowest BCUT2D eigenvalue weighted by Gasteiger charge is -2.33. The number of aromatic nitrogens is 3. The normalized spacial score (nSPS) is 18.0. The van der Waals surface area contributed by atoms with E-state index < -0.39 is 11.1 Å². The van der Waals surface area contributed by atoms with Crippen molar-refractivity contribution in [3.8, 4) is 40.8 Å². The van der Waals surface area contributed by atoms with Gasteiger partial charge in [-0.05, 0) is 174 Å². The zero-order valence-corrected chi connectivity index (χ0v) is 34.4. The third-order valence-corrected chi connectivity index (χ3v) is 10.3. The molecule has 12 nitrogen and oxygen atoms in total. The molecule has 0 spiro atoms. The van der Waals surface area contributed by atoms with Crippen molar-refractivity contribution in [1.82, 2.24) is 15.0 Å². The first-order chi connectivity index (χ1) is 27.7. The van der Waals surface area contributed by atoms with E-state index in [1.807, 2.05) is 96.3 Å². The average molecular weight is 785 g/mol. The number of aryl methyl sites for hydroxylation is 4. The summed E-state index contributed by atoms with van der Waals surface area (Å²) in [6.45, 7) is 12.1. The fraction of sp³-hybridized carbons (Fsp3) is 0.391. The summed E-state index contributed by atoms with van der Waals surface area (Å²) < 4.78 is 13.2. The number of fused-ring (bicyclic) bond motifs is 2. The molecule has 5 aromatic rings. The van der Waals surface area contributed by atoms with Crippen molar-refractivity contribution < 1.29 is 19.7 Å². The third kappa shape index (κ3) is 11.3. The molecular weight excluding hydrogens is 729 g/mol. The first-order valence-electron chi connectivity index (χ1n) is 19.7. The Kier molecular flexibility index (Phi) is 14.4. The number of benzene rings is 4. The molecule has 0 fully saturated rings. The van der Waals surface area contributed by atoms with Crippen LogP contribution in [0.2, 0.25) is 0 Å². The smallest absolute Gasteiger partial charge is 0.122 e. The highest BCUT2D eigenvalue weighted by molar-refractivity contribution is 5.61. The minimum atomic E-state index is -0.526. The van der Waals surface area contributed by atoms with E-state index in [0.29, 0.717) is 18.5 Å². The number of hydrogen-bond donors (Lipinski definition) is 4. The molecule has 0 bridgehead atoms. The molecule has 0 radical (unpaired) electrons. The van der Waals surface area contributed by atoms with Gasteiger partial charge in [-0.15, -0.1) is 11.5 Å². The highest BCUT2D eigenvalue weighted by atomic mass is 16.5. The molecule has 304 valence electrons. The molecule has 4 aromatic carbocycles. The quantitative estimate of drug-likeness (QED) is 0.0504. The van der Waals surface area contributed by atoms with Crippen LogP contribution in [0.1, 0.15) is 79.5 Å². The van der Waals surface area contributed by atoms with E-state index in [-0.39, 0.29) is 25.4 Å². The minimum Gasteiger partial charge on any atom is -0.491 e. The van der Waals surface area contributed by atoms with Gasteiger partial charge in [0.2, 0.25) is 0 Å². The molecule has 2 aliphatic carbocycles. The van der Waals surface area contributed by atoms with Crippen LogP contribution in [-0.2, 0) is 25.7 Å². The lowest BCUT2D eigenvalue weighted by atomic mass is 9.79. The van der Waals surface area contributed by atoms with Gasteiger partial charge in [-0.2, -0.15) is 0 Å². The molecule has 2 atom stereocenters. The number of terminal acetylenes is 1. The molecule has 0 amide bonds. The number of ether oxygens (including phenoxy) is 2. The maximum atomic E-state index is 9.54. The number of rotatable bonds is 9. The van der Waals surface area contributed by atoms with Crippen molar-refractivity contribution in [1.29, 1.82) is 0 Å². The fourth-order valence-electron chi connectivity index (χ4n) is 7.11. The second kappa shape index (κ2) is 19.2. The Morgan fingerprint density at radius 3 is 2.00 bits per heavy atom. The summed E-state index contributed by atoms with van der Waals surface area (Å²) in [5.41, 5.74) is 30.9. The first kappa shape index (κ1) is 43.5. The largest absolute Gasteiger partial charge is 0.491 e. The topological polar surface area (TPSA) is 190 Å². The van der Waals surface area contributed by atoms with Gasteiger partial charge in [-0.1, -0.05) is 34.4 Å². The molecule has 12 heteroatoms. The summed E-state index contributed by atoms with van der Waals surface area (Å²) in [6, 6.07) is 23.8. The molecule has 0 saturated carbocycles. The Hall–Kier alpha value is -5.67. The van der Waals surface area contributed by atoms with Crippen LogP contribution in [0.15, 0.2) is 84.1 Å². The molecule has 1 aromatic heterocycles. The Morgan fingerprint density at radius 2 is 1.41 bits per heavy atom. The molecule has 6 N–H and O–H groups in total. The fourth-order valence-corrected chi connectivity index (χ4v) is 7.11. The average Bonchev–Trinajstić information content (AvgIpc) is 3.70. The molecule has 0 aliphatic heterocycles. The SMILES string of the molecule is C#Cc1ccc(OC(C)C)c(C)c1.Cc1cc(-c2cn(-c3ccc4c(c3)CCC(N)(CO)C4)nn2)ccc1OC(C)C.[N-]=[N+]=Nc1ccc2c(c1)CC(N)(CO)CC2. The molecule has 58 heavy (non-hydrogen) atoms. The predicted molar refractivity (Wildman–Crippen MR) is 229 cm³/mol. The Labute approximate surface area is 341 Å². The van der Waals surface area contributed by atoms with Crippen LogP contribution in [0, 0.1) is 26.2 Å². The van der Waals surface area contributed by atoms with Gasteiger partial charge in [0.15, 0.2) is 0 Å². The van der Waals surface area contributed by atoms with E-state index in [9.17, 15) is 10.2 Å². The van der Waals surface area contributed by atoms with Crippen LogP contribution in [0.3, 0.4) is 0 Å². The van der Waals surface area contributed by atoms with Gasteiger partial charge in [0.05, 0.1) is 37.3 Å². The second-order valence-electron chi connectivity index (χ2n) is 16.0. The monoisotopic (exact) mass is 784 g/mol. The van der Waals surface area contributed by atoms with Crippen molar-refractivity contribution in [3.05, 3.63) is 128 Å². The molecule has 1 heterocycles. The van der Waals surface area contributed by atoms with Gasteiger partial charge in [0.25, 0.3) is 0 Å². The standard InChI is InChI=1S/C23H28N4O2.C12H14O.C11H14N4O/c1-15(2)29-22-7-5-18(10-16(22)3)21-13-27(26-25-21)20-6-4-19-12-23(24,14-28)9-8-17(19)11-20;1-5-11-6-7-12(10(4)8-11)13-9(2)3;12-11(7-16)4-3-8-1-2-10(14-15-13)5-9(8)6-11/h4-7,10-11,13,15,28H,8-9,12,14,24H2,1-3H3;1,6-9H,2-4H3;1-2,5,16H,3-4,6-7,12H2. The van der Waals surface area contributed by atoms with E-state index in [1.165, 1.54) is 16.7 Å². The minimum absolute atomic E-state index is 0.0149. The summed E-state index contributed by atoms with van der Waals surface area (Å²) in [5.74, 6) is 4.40. The Balaban J connectivity index is 0.000000186. The van der Waals surface area contributed by atoms with Gasteiger partial charge in [0, 0.05) is 32.8 Å². The van der Waals surface area contributed by atoms with Crippen LogP contribution in [0.25, 0.3) is 27.4 Å². The van der Waals surface area contributed by atoms with E-state index in [2.05, 4.69) is 44.5 Å².